The highest BCUT2D eigenvalue weighted by atomic mass is 32.2. The van der Waals surface area contributed by atoms with E-state index in [2.05, 4.69) is 10.1 Å². The van der Waals surface area contributed by atoms with Crippen molar-refractivity contribution >= 4 is 9.84 Å². The Kier molecular flexibility index (Phi) is 4.56. The first-order chi connectivity index (χ1) is 13.4. The second kappa shape index (κ2) is 7.05. The maximum Gasteiger partial charge on any atom is 0.293 e. The van der Waals surface area contributed by atoms with Crippen molar-refractivity contribution < 1.29 is 21.7 Å². The van der Waals surface area contributed by atoms with Gasteiger partial charge in [-0.3, -0.25) is 0 Å². The molecular formula is C20H15FN2O4S. The van der Waals surface area contributed by atoms with Gasteiger partial charge in [0, 0.05) is 5.56 Å². The Balaban J connectivity index is 1.56. The number of nitrogens with zero attached hydrogens (tertiary/aromatic N) is 2. The van der Waals surface area contributed by atoms with Crippen molar-refractivity contribution in [3.8, 4) is 23.0 Å². The van der Waals surface area contributed by atoms with E-state index in [1.807, 2.05) is 6.92 Å². The normalized spacial score (nSPS) is 11.6. The van der Waals surface area contributed by atoms with Crippen molar-refractivity contribution in [3.05, 3.63) is 77.8 Å². The molecule has 0 aliphatic rings. The molecule has 2 aromatic heterocycles. The van der Waals surface area contributed by atoms with E-state index in [9.17, 15) is 12.8 Å². The number of aromatic nitrogens is 2. The number of sulfone groups is 1. The molecule has 0 aliphatic heterocycles. The standard InChI is InChI=1S/C20H15FN2O4S/c1-13-5-8-17(9-6-13)28(24,25)12-16-7-10-18(26-16)20-22-19(23-27-20)14-3-2-4-15(21)11-14/h2-11H,12H2,1H3. The lowest BCUT2D eigenvalue weighted by Crippen LogP contribution is -2.04. The summed E-state index contributed by atoms with van der Waals surface area (Å²) in [4.78, 5) is 4.41. The Labute approximate surface area is 160 Å². The monoisotopic (exact) mass is 398 g/mol. The largest absolute Gasteiger partial charge is 0.455 e. The fourth-order valence-electron chi connectivity index (χ4n) is 2.66. The number of hydrogen-bond acceptors (Lipinski definition) is 6. The molecule has 0 aliphatic carbocycles. The second-order valence-electron chi connectivity index (χ2n) is 6.27. The SMILES string of the molecule is Cc1ccc(S(=O)(=O)Cc2ccc(-c3nc(-c4cccc(F)c4)no3)o2)cc1. The molecule has 0 radical (unpaired) electrons. The third-order valence-electron chi connectivity index (χ3n) is 4.09. The van der Waals surface area contributed by atoms with Gasteiger partial charge in [-0.05, 0) is 43.3 Å². The summed E-state index contributed by atoms with van der Waals surface area (Å²) < 4.78 is 49.1. The number of furan rings is 1. The van der Waals surface area contributed by atoms with Crippen molar-refractivity contribution in [2.75, 3.05) is 0 Å². The molecule has 142 valence electrons. The fourth-order valence-corrected chi connectivity index (χ4v) is 3.90. The molecule has 0 N–H and O–H groups in total. The van der Waals surface area contributed by atoms with Crippen LogP contribution in [0.2, 0.25) is 0 Å². The number of hydrogen-bond donors (Lipinski definition) is 0. The number of aryl methyl sites for hydroxylation is 1. The van der Waals surface area contributed by atoms with Crippen LogP contribution in [0, 0.1) is 12.7 Å². The van der Waals surface area contributed by atoms with E-state index in [0.29, 0.717) is 5.56 Å². The van der Waals surface area contributed by atoms with Gasteiger partial charge < -0.3 is 8.94 Å². The van der Waals surface area contributed by atoms with Crippen LogP contribution in [0.3, 0.4) is 0 Å². The molecule has 8 heteroatoms. The number of halogens is 1. The molecular weight excluding hydrogens is 383 g/mol. The molecule has 0 amide bonds. The molecule has 6 nitrogen and oxygen atoms in total. The lowest BCUT2D eigenvalue weighted by molar-refractivity contribution is 0.413. The summed E-state index contributed by atoms with van der Waals surface area (Å²) in [7, 11) is -3.54. The molecule has 0 unspecified atom stereocenters. The van der Waals surface area contributed by atoms with Gasteiger partial charge >= 0.3 is 0 Å². The van der Waals surface area contributed by atoms with Gasteiger partial charge in [0.2, 0.25) is 5.82 Å². The smallest absolute Gasteiger partial charge is 0.293 e. The highest BCUT2D eigenvalue weighted by molar-refractivity contribution is 7.90. The van der Waals surface area contributed by atoms with Crippen molar-refractivity contribution in [2.45, 2.75) is 17.6 Å². The van der Waals surface area contributed by atoms with Crippen LogP contribution >= 0.6 is 0 Å². The summed E-state index contributed by atoms with van der Waals surface area (Å²) in [6.07, 6.45) is 0. The summed E-state index contributed by atoms with van der Waals surface area (Å²) in [6.45, 7) is 1.89. The lowest BCUT2D eigenvalue weighted by atomic mass is 10.2. The first kappa shape index (κ1) is 18.1. The number of rotatable bonds is 5. The van der Waals surface area contributed by atoms with E-state index in [1.165, 1.54) is 12.1 Å². The third kappa shape index (κ3) is 3.72. The van der Waals surface area contributed by atoms with Gasteiger partial charge in [-0.25, -0.2) is 12.8 Å². The molecule has 4 rings (SSSR count). The Morgan fingerprint density at radius 1 is 1.04 bits per heavy atom. The minimum absolute atomic E-state index is 0.0817. The summed E-state index contributed by atoms with van der Waals surface area (Å²) in [5.74, 6) is 0.0785. The predicted molar refractivity (Wildman–Crippen MR) is 99.5 cm³/mol. The highest BCUT2D eigenvalue weighted by Gasteiger charge is 2.20. The van der Waals surface area contributed by atoms with Crippen molar-refractivity contribution in [1.29, 1.82) is 0 Å². The minimum Gasteiger partial charge on any atom is -0.455 e. The molecule has 2 aromatic carbocycles. The van der Waals surface area contributed by atoms with Gasteiger partial charge in [0.15, 0.2) is 15.6 Å². The van der Waals surface area contributed by atoms with E-state index in [-0.39, 0.29) is 33.9 Å². The van der Waals surface area contributed by atoms with Crippen LogP contribution in [-0.4, -0.2) is 18.6 Å². The van der Waals surface area contributed by atoms with Gasteiger partial charge in [-0.2, -0.15) is 4.98 Å². The van der Waals surface area contributed by atoms with Crippen LogP contribution in [0.4, 0.5) is 4.39 Å². The van der Waals surface area contributed by atoms with Crippen molar-refractivity contribution in [3.63, 3.8) is 0 Å². The predicted octanol–water partition coefficient (Wildman–Crippen LogP) is 4.42. The summed E-state index contributed by atoms with van der Waals surface area (Å²) in [6, 6.07) is 15.5. The topological polar surface area (TPSA) is 86.2 Å². The van der Waals surface area contributed by atoms with E-state index in [1.54, 1.807) is 48.5 Å². The number of benzene rings is 2. The zero-order valence-corrected chi connectivity index (χ0v) is 15.6. The van der Waals surface area contributed by atoms with E-state index >= 15 is 0 Å². The average molecular weight is 398 g/mol. The first-order valence-electron chi connectivity index (χ1n) is 8.39. The van der Waals surface area contributed by atoms with E-state index in [0.717, 1.165) is 5.56 Å². The van der Waals surface area contributed by atoms with Crippen LogP contribution in [0.25, 0.3) is 23.0 Å². The molecule has 0 spiro atoms. The van der Waals surface area contributed by atoms with Crippen LogP contribution in [0.1, 0.15) is 11.3 Å². The van der Waals surface area contributed by atoms with Gasteiger partial charge in [-0.15, -0.1) is 0 Å². The Morgan fingerprint density at radius 2 is 1.82 bits per heavy atom. The minimum atomic E-state index is -3.54. The van der Waals surface area contributed by atoms with Crippen LogP contribution in [0.15, 0.2) is 74.5 Å². The lowest BCUT2D eigenvalue weighted by Gasteiger charge is -2.02. The zero-order chi connectivity index (χ0) is 19.7. The molecule has 0 atom stereocenters. The van der Waals surface area contributed by atoms with E-state index in [4.69, 9.17) is 8.94 Å². The van der Waals surface area contributed by atoms with Crippen LogP contribution in [-0.2, 0) is 15.6 Å². The molecule has 2 heterocycles. The first-order valence-corrected chi connectivity index (χ1v) is 10.0. The summed E-state index contributed by atoms with van der Waals surface area (Å²) >= 11 is 0. The average Bonchev–Trinajstić information content (AvgIpc) is 3.31. The van der Waals surface area contributed by atoms with Crippen LogP contribution < -0.4 is 0 Å². The zero-order valence-electron chi connectivity index (χ0n) is 14.8. The maximum atomic E-state index is 13.3. The molecule has 0 fully saturated rings. The Morgan fingerprint density at radius 3 is 2.57 bits per heavy atom. The van der Waals surface area contributed by atoms with Gasteiger partial charge in [0.1, 0.15) is 17.3 Å². The van der Waals surface area contributed by atoms with Crippen LogP contribution in [0.5, 0.6) is 0 Å². The van der Waals surface area contributed by atoms with Crippen molar-refractivity contribution in [1.82, 2.24) is 10.1 Å². The second-order valence-corrected chi connectivity index (χ2v) is 8.26. The maximum absolute atomic E-state index is 13.3. The molecule has 0 bridgehead atoms. The third-order valence-corrected chi connectivity index (χ3v) is 5.75. The molecule has 28 heavy (non-hydrogen) atoms. The molecule has 4 aromatic rings. The summed E-state index contributed by atoms with van der Waals surface area (Å²) in [5.41, 5.74) is 1.44. The van der Waals surface area contributed by atoms with E-state index < -0.39 is 15.7 Å². The quantitative estimate of drug-likeness (QED) is 0.495. The van der Waals surface area contributed by atoms with Crippen molar-refractivity contribution in [2.24, 2.45) is 0 Å². The van der Waals surface area contributed by atoms with Gasteiger partial charge in [0.25, 0.3) is 5.89 Å². The fraction of sp³-hybridized carbons (Fsp3) is 0.100. The Bertz CT molecular complexity index is 1230. The van der Waals surface area contributed by atoms with Gasteiger partial charge in [-0.1, -0.05) is 35.0 Å². The summed E-state index contributed by atoms with van der Waals surface area (Å²) in [5, 5.41) is 3.81. The highest BCUT2D eigenvalue weighted by Crippen LogP contribution is 2.26. The molecule has 0 saturated carbocycles. The molecule has 0 saturated heterocycles. The Hall–Kier alpha value is -3.26. The van der Waals surface area contributed by atoms with Gasteiger partial charge in [0.05, 0.1) is 4.90 Å².